The number of benzene rings is 1. The highest BCUT2D eigenvalue weighted by atomic mass is 19.1. The van der Waals surface area contributed by atoms with Crippen LogP contribution in [0.3, 0.4) is 0 Å². The number of amides is 1. The third kappa shape index (κ3) is 4.67. The molecule has 0 spiro atoms. The monoisotopic (exact) mass is 461 g/mol. The first-order chi connectivity index (χ1) is 16.2. The molecule has 0 bridgehead atoms. The summed E-state index contributed by atoms with van der Waals surface area (Å²) in [7, 11) is 0. The molecule has 3 unspecified atom stereocenters. The van der Waals surface area contributed by atoms with Gasteiger partial charge in [-0.05, 0) is 56.4 Å². The summed E-state index contributed by atoms with van der Waals surface area (Å²) in [6, 6.07) is 8.02. The number of allylic oxidation sites excluding steroid dienone is 3. The molecule has 1 aliphatic heterocycles. The molecule has 1 aliphatic carbocycles. The molecule has 1 aromatic carbocycles. The van der Waals surface area contributed by atoms with E-state index < -0.39 is 5.83 Å². The Morgan fingerprint density at radius 1 is 1.29 bits per heavy atom. The number of aromatic nitrogens is 2. The lowest BCUT2D eigenvalue weighted by Gasteiger charge is -2.47. The molecule has 1 amide bonds. The highest BCUT2D eigenvalue weighted by Gasteiger charge is 2.61. The summed E-state index contributed by atoms with van der Waals surface area (Å²) in [6.07, 6.45) is 9.10. The van der Waals surface area contributed by atoms with Gasteiger partial charge in [0.2, 0.25) is 0 Å². The fourth-order valence-corrected chi connectivity index (χ4v) is 5.15. The van der Waals surface area contributed by atoms with Gasteiger partial charge in [-0.25, -0.2) is 14.4 Å². The number of rotatable bonds is 9. The number of hydrogen-bond acceptors (Lipinski definition) is 4. The molecular weight excluding hydrogens is 429 g/mol. The van der Waals surface area contributed by atoms with Crippen molar-refractivity contribution < 1.29 is 13.9 Å². The average Bonchev–Trinajstić information content (AvgIpc) is 3.53. The molecule has 2 fully saturated rings. The van der Waals surface area contributed by atoms with Crippen LogP contribution in [-0.2, 0) is 4.74 Å². The summed E-state index contributed by atoms with van der Waals surface area (Å²) in [6.45, 7) is 13.9. The molecule has 6 heteroatoms. The van der Waals surface area contributed by atoms with E-state index in [-0.39, 0.29) is 23.4 Å². The lowest BCUT2D eigenvalue weighted by atomic mass is 9.59. The number of aryl methyl sites for hydroxylation is 1. The van der Waals surface area contributed by atoms with Crippen LogP contribution < -0.4 is 0 Å². The molecule has 2 aromatic rings. The normalized spacial score (nSPS) is 25.6. The fraction of sp³-hybridized carbons (Fsp3) is 0.393. The van der Waals surface area contributed by atoms with Crippen LogP contribution in [0, 0.1) is 18.3 Å². The van der Waals surface area contributed by atoms with Crippen LogP contribution in [0.25, 0.3) is 11.4 Å². The molecule has 1 saturated carbocycles. The number of carbonyl (C=O) groups is 1. The van der Waals surface area contributed by atoms with Gasteiger partial charge in [-0.3, -0.25) is 4.79 Å². The molecule has 5 nitrogen and oxygen atoms in total. The number of hydrogen-bond donors (Lipinski definition) is 0. The van der Waals surface area contributed by atoms with Crippen molar-refractivity contribution >= 4 is 5.91 Å². The molecule has 1 saturated heterocycles. The van der Waals surface area contributed by atoms with Gasteiger partial charge >= 0.3 is 0 Å². The maximum absolute atomic E-state index is 13.8. The van der Waals surface area contributed by atoms with E-state index in [1.165, 1.54) is 12.2 Å². The molecule has 2 aliphatic rings. The molecule has 0 N–H and O–H groups in total. The maximum Gasteiger partial charge on any atom is 0.255 e. The highest BCUT2D eigenvalue weighted by Crippen LogP contribution is 2.56. The highest BCUT2D eigenvalue weighted by molar-refractivity contribution is 6.02. The Labute approximate surface area is 201 Å². The van der Waals surface area contributed by atoms with E-state index in [1.54, 1.807) is 18.5 Å². The third-order valence-electron chi connectivity index (χ3n) is 7.22. The van der Waals surface area contributed by atoms with Crippen molar-refractivity contribution in [3.05, 3.63) is 84.7 Å². The Morgan fingerprint density at radius 2 is 2.03 bits per heavy atom. The summed E-state index contributed by atoms with van der Waals surface area (Å²) >= 11 is 0. The van der Waals surface area contributed by atoms with E-state index in [4.69, 9.17) is 4.74 Å². The van der Waals surface area contributed by atoms with Crippen LogP contribution in [0.5, 0.6) is 0 Å². The number of halogens is 1. The minimum absolute atomic E-state index is 0.0342. The second-order valence-electron chi connectivity index (χ2n) is 9.63. The van der Waals surface area contributed by atoms with Crippen molar-refractivity contribution in [3.8, 4) is 11.4 Å². The quantitative estimate of drug-likeness (QED) is 0.259. The summed E-state index contributed by atoms with van der Waals surface area (Å²) in [5.74, 6) is 0.810. The standard InChI is InChI=1S/C28H32FN3O2/c1-6-24-25(23-12-13-28(23,5)17-34-20(4)10-9-19(3)29)32(24)27(33)22-16-18(2)8-11-21(22)26-30-14-7-15-31-26/h7-11,14-16,23-25H,3-4,6,12-13,17H2,1-2,5H3/b10-9-/t23-,24?,25?,28?,32?/m0/s1. The first-order valence-electron chi connectivity index (χ1n) is 11.8. The predicted molar refractivity (Wildman–Crippen MR) is 132 cm³/mol. The van der Waals surface area contributed by atoms with Crippen molar-refractivity contribution in [2.75, 3.05) is 6.61 Å². The molecule has 178 valence electrons. The zero-order chi connectivity index (χ0) is 24.5. The molecule has 0 radical (unpaired) electrons. The summed E-state index contributed by atoms with van der Waals surface area (Å²) in [5, 5.41) is 0. The minimum Gasteiger partial charge on any atom is -0.494 e. The predicted octanol–water partition coefficient (Wildman–Crippen LogP) is 6.04. The lowest BCUT2D eigenvalue weighted by molar-refractivity contribution is -0.0264. The van der Waals surface area contributed by atoms with Crippen LogP contribution in [0.1, 0.15) is 49.0 Å². The van der Waals surface area contributed by atoms with Gasteiger partial charge in [-0.15, -0.1) is 0 Å². The maximum atomic E-state index is 13.8. The van der Waals surface area contributed by atoms with E-state index >= 15 is 0 Å². The summed E-state index contributed by atoms with van der Waals surface area (Å²) < 4.78 is 18.7. The Morgan fingerprint density at radius 3 is 2.65 bits per heavy atom. The molecule has 34 heavy (non-hydrogen) atoms. The molecule has 4 atom stereocenters. The Balaban J connectivity index is 1.51. The number of nitrogens with zero attached hydrogens (tertiary/aromatic N) is 3. The van der Waals surface area contributed by atoms with Gasteiger partial charge in [0.25, 0.3) is 5.91 Å². The van der Waals surface area contributed by atoms with Crippen molar-refractivity contribution in [1.29, 1.82) is 0 Å². The molecule has 2 heterocycles. The average molecular weight is 462 g/mol. The van der Waals surface area contributed by atoms with Crippen LogP contribution in [0.15, 0.2) is 73.6 Å². The Bertz CT molecular complexity index is 1130. The first kappa shape index (κ1) is 23.9. The molecular formula is C28H32FN3O2. The van der Waals surface area contributed by atoms with Crippen molar-refractivity contribution in [1.82, 2.24) is 14.9 Å². The largest absolute Gasteiger partial charge is 0.494 e. The number of ether oxygens (including phenoxy) is 1. The lowest BCUT2D eigenvalue weighted by Crippen LogP contribution is -2.45. The third-order valence-corrected chi connectivity index (χ3v) is 7.22. The minimum atomic E-state index is -0.535. The molecule has 4 rings (SSSR count). The second kappa shape index (κ2) is 9.53. The van der Waals surface area contributed by atoms with Crippen LogP contribution in [0.4, 0.5) is 4.39 Å². The fourth-order valence-electron chi connectivity index (χ4n) is 5.15. The van der Waals surface area contributed by atoms with Crippen molar-refractivity contribution in [2.45, 2.75) is 52.1 Å². The van der Waals surface area contributed by atoms with Crippen LogP contribution in [0.2, 0.25) is 0 Å². The van der Waals surface area contributed by atoms with Crippen molar-refractivity contribution in [3.63, 3.8) is 0 Å². The Hall–Kier alpha value is -3.28. The van der Waals surface area contributed by atoms with Gasteiger partial charge in [-0.2, -0.15) is 0 Å². The van der Waals surface area contributed by atoms with Crippen LogP contribution in [-0.4, -0.2) is 39.5 Å². The zero-order valence-corrected chi connectivity index (χ0v) is 20.1. The van der Waals surface area contributed by atoms with Gasteiger partial charge in [0.15, 0.2) is 5.82 Å². The first-order valence-corrected chi connectivity index (χ1v) is 11.8. The smallest absolute Gasteiger partial charge is 0.255 e. The summed E-state index contributed by atoms with van der Waals surface area (Å²) in [4.78, 5) is 24.6. The van der Waals surface area contributed by atoms with Gasteiger partial charge in [0.1, 0.15) is 11.6 Å². The van der Waals surface area contributed by atoms with E-state index in [0.29, 0.717) is 29.7 Å². The number of carbonyl (C=O) groups excluding carboxylic acids is 1. The van der Waals surface area contributed by atoms with E-state index in [1.807, 2.05) is 30.0 Å². The molecule has 1 aromatic heterocycles. The van der Waals surface area contributed by atoms with Gasteiger partial charge in [0.05, 0.1) is 24.3 Å². The van der Waals surface area contributed by atoms with Gasteiger partial charge < -0.3 is 9.64 Å². The van der Waals surface area contributed by atoms with Crippen molar-refractivity contribution in [2.24, 2.45) is 11.3 Å². The zero-order valence-electron chi connectivity index (χ0n) is 20.1. The second-order valence-corrected chi connectivity index (χ2v) is 9.63. The van der Waals surface area contributed by atoms with E-state index in [2.05, 4.69) is 37.0 Å². The van der Waals surface area contributed by atoms with Gasteiger partial charge in [-0.1, -0.05) is 44.7 Å². The van der Waals surface area contributed by atoms with E-state index in [0.717, 1.165) is 30.4 Å². The Kier molecular flexibility index (Phi) is 6.69. The topological polar surface area (TPSA) is 55.1 Å². The van der Waals surface area contributed by atoms with Crippen LogP contribution >= 0.6 is 0 Å². The SMILES string of the molecule is C=C(F)/C=C\C(=C)OCC1(C)CC[C@H]1C1C(CC)N1C(=O)c1cc(C)ccc1-c1ncccn1. The van der Waals surface area contributed by atoms with E-state index in [9.17, 15) is 9.18 Å². The summed E-state index contributed by atoms with van der Waals surface area (Å²) in [5.41, 5.74) is 2.37. The van der Waals surface area contributed by atoms with Gasteiger partial charge in [0, 0.05) is 23.4 Å².